The predicted molar refractivity (Wildman–Crippen MR) is 73.5 cm³/mol. The van der Waals surface area contributed by atoms with Crippen molar-refractivity contribution < 1.29 is 9.90 Å². The first-order valence-electron chi connectivity index (χ1n) is 6.77. The van der Waals surface area contributed by atoms with Crippen molar-refractivity contribution in [2.24, 2.45) is 0 Å². The van der Waals surface area contributed by atoms with E-state index in [1.807, 2.05) is 0 Å². The average molecular weight is 260 g/mol. The molecule has 0 saturated carbocycles. The van der Waals surface area contributed by atoms with E-state index in [1.54, 1.807) is 18.5 Å². The van der Waals surface area contributed by atoms with Crippen LogP contribution in [0, 0.1) is 11.8 Å². The Balaban J connectivity index is 1.94. The maximum absolute atomic E-state index is 10.3. The standard InChI is InChI=1S/C15H20N2O2/c18-15(19)11-8-6-4-2-1-3-5-7-10-14-16-12-9-13-17-14/h9,12-13H,1-6,8,11H2,(H,18,19). The van der Waals surface area contributed by atoms with E-state index < -0.39 is 5.97 Å². The highest BCUT2D eigenvalue weighted by atomic mass is 16.4. The van der Waals surface area contributed by atoms with E-state index >= 15 is 0 Å². The van der Waals surface area contributed by atoms with Gasteiger partial charge in [-0.3, -0.25) is 4.79 Å². The molecular formula is C15H20N2O2. The molecule has 0 aliphatic carbocycles. The van der Waals surface area contributed by atoms with E-state index in [9.17, 15) is 4.79 Å². The third-order valence-electron chi connectivity index (χ3n) is 2.71. The van der Waals surface area contributed by atoms with Crippen LogP contribution in [0.2, 0.25) is 0 Å². The van der Waals surface area contributed by atoms with Gasteiger partial charge in [0.15, 0.2) is 0 Å². The van der Waals surface area contributed by atoms with Crippen LogP contribution in [0.15, 0.2) is 18.5 Å². The normalized spacial score (nSPS) is 9.68. The monoisotopic (exact) mass is 260 g/mol. The van der Waals surface area contributed by atoms with Gasteiger partial charge in [-0.15, -0.1) is 0 Å². The summed E-state index contributed by atoms with van der Waals surface area (Å²) in [6.07, 6.45) is 10.8. The van der Waals surface area contributed by atoms with Crippen molar-refractivity contribution in [3.05, 3.63) is 24.3 Å². The summed E-state index contributed by atoms with van der Waals surface area (Å²) in [6, 6.07) is 1.77. The molecule has 1 N–H and O–H groups in total. The lowest BCUT2D eigenvalue weighted by Crippen LogP contribution is -1.93. The van der Waals surface area contributed by atoms with Gasteiger partial charge in [-0.05, 0) is 24.8 Å². The number of carbonyl (C=O) groups is 1. The number of carboxylic acids is 1. The Labute approximate surface area is 114 Å². The van der Waals surface area contributed by atoms with E-state index in [4.69, 9.17) is 5.11 Å². The lowest BCUT2D eigenvalue weighted by atomic mass is 10.1. The quantitative estimate of drug-likeness (QED) is 0.576. The van der Waals surface area contributed by atoms with Crippen molar-refractivity contribution in [3.63, 3.8) is 0 Å². The fourth-order valence-corrected chi connectivity index (χ4v) is 1.70. The molecule has 0 aliphatic heterocycles. The van der Waals surface area contributed by atoms with Crippen molar-refractivity contribution in [2.45, 2.75) is 51.4 Å². The highest BCUT2D eigenvalue weighted by Crippen LogP contribution is 2.08. The van der Waals surface area contributed by atoms with Crippen molar-refractivity contribution in [2.75, 3.05) is 0 Å². The van der Waals surface area contributed by atoms with Gasteiger partial charge >= 0.3 is 5.97 Å². The Kier molecular flexibility index (Phi) is 8.04. The van der Waals surface area contributed by atoms with Crippen molar-refractivity contribution in [3.8, 4) is 11.8 Å². The number of hydrogen-bond acceptors (Lipinski definition) is 3. The number of carboxylic acid groups (broad SMARTS) is 1. The zero-order chi connectivity index (χ0) is 13.8. The van der Waals surface area contributed by atoms with Crippen LogP contribution in [0.25, 0.3) is 0 Å². The summed E-state index contributed by atoms with van der Waals surface area (Å²) < 4.78 is 0. The molecule has 0 radical (unpaired) electrons. The highest BCUT2D eigenvalue weighted by molar-refractivity contribution is 5.66. The highest BCUT2D eigenvalue weighted by Gasteiger charge is 1.96. The van der Waals surface area contributed by atoms with Crippen molar-refractivity contribution in [1.82, 2.24) is 9.97 Å². The lowest BCUT2D eigenvalue weighted by Gasteiger charge is -1.98. The van der Waals surface area contributed by atoms with E-state index in [1.165, 1.54) is 0 Å². The third kappa shape index (κ3) is 8.78. The molecule has 0 bridgehead atoms. The molecule has 1 aromatic rings. The molecule has 4 heteroatoms. The molecule has 102 valence electrons. The van der Waals surface area contributed by atoms with E-state index in [-0.39, 0.29) is 0 Å². The molecule has 0 spiro atoms. The van der Waals surface area contributed by atoms with Gasteiger partial charge in [0.2, 0.25) is 5.82 Å². The summed E-state index contributed by atoms with van der Waals surface area (Å²) in [5, 5.41) is 8.48. The van der Waals surface area contributed by atoms with Crippen LogP contribution in [-0.2, 0) is 4.79 Å². The van der Waals surface area contributed by atoms with Gasteiger partial charge in [-0.2, -0.15) is 0 Å². The molecule has 0 fully saturated rings. The number of nitrogens with zero attached hydrogens (tertiary/aromatic N) is 2. The minimum Gasteiger partial charge on any atom is -0.481 e. The van der Waals surface area contributed by atoms with E-state index in [0.717, 1.165) is 44.9 Å². The first-order valence-corrected chi connectivity index (χ1v) is 6.77. The Morgan fingerprint density at radius 2 is 1.68 bits per heavy atom. The fourth-order valence-electron chi connectivity index (χ4n) is 1.70. The number of hydrogen-bond donors (Lipinski definition) is 1. The number of rotatable bonds is 8. The van der Waals surface area contributed by atoms with Gasteiger partial charge < -0.3 is 5.11 Å². The maximum Gasteiger partial charge on any atom is 0.303 e. The summed E-state index contributed by atoms with van der Waals surface area (Å²) in [5.41, 5.74) is 0. The fraction of sp³-hybridized carbons (Fsp3) is 0.533. The summed E-state index contributed by atoms with van der Waals surface area (Å²) in [4.78, 5) is 18.4. The van der Waals surface area contributed by atoms with E-state index in [0.29, 0.717) is 12.2 Å². The molecule has 19 heavy (non-hydrogen) atoms. The minimum absolute atomic E-state index is 0.294. The molecule has 0 aliphatic rings. The molecule has 0 atom stereocenters. The molecule has 1 rings (SSSR count). The number of aromatic nitrogens is 2. The topological polar surface area (TPSA) is 63.1 Å². The molecule has 0 aromatic carbocycles. The van der Waals surface area contributed by atoms with Gasteiger partial charge in [0, 0.05) is 25.2 Å². The minimum atomic E-state index is -0.696. The second kappa shape index (κ2) is 10.1. The van der Waals surface area contributed by atoms with Gasteiger partial charge in [-0.25, -0.2) is 9.97 Å². The summed E-state index contributed by atoms with van der Waals surface area (Å²) in [5.74, 6) is 5.88. The molecule has 1 aromatic heterocycles. The van der Waals surface area contributed by atoms with Gasteiger partial charge in [0.05, 0.1) is 0 Å². The average Bonchev–Trinajstić information content (AvgIpc) is 2.42. The lowest BCUT2D eigenvalue weighted by molar-refractivity contribution is -0.137. The second-order valence-electron chi connectivity index (χ2n) is 4.39. The first kappa shape index (κ1) is 15.2. The third-order valence-corrected chi connectivity index (χ3v) is 2.71. The largest absolute Gasteiger partial charge is 0.481 e. The summed E-state index contributed by atoms with van der Waals surface area (Å²) in [7, 11) is 0. The van der Waals surface area contributed by atoms with Crippen LogP contribution in [0.5, 0.6) is 0 Å². The van der Waals surface area contributed by atoms with Gasteiger partial charge in [0.1, 0.15) is 0 Å². The molecule has 0 saturated heterocycles. The zero-order valence-corrected chi connectivity index (χ0v) is 11.1. The summed E-state index contributed by atoms with van der Waals surface area (Å²) >= 11 is 0. The molecule has 0 amide bonds. The SMILES string of the molecule is O=C(O)CCCCCCCCC#Cc1ncccn1. The first-order chi connectivity index (χ1) is 9.29. The Morgan fingerprint density at radius 1 is 1.05 bits per heavy atom. The Hall–Kier alpha value is -1.89. The van der Waals surface area contributed by atoms with Crippen LogP contribution in [0.3, 0.4) is 0 Å². The van der Waals surface area contributed by atoms with Crippen LogP contribution in [0.4, 0.5) is 0 Å². The molecule has 1 heterocycles. The second-order valence-corrected chi connectivity index (χ2v) is 4.39. The smallest absolute Gasteiger partial charge is 0.303 e. The zero-order valence-electron chi connectivity index (χ0n) is 11.1. The molecule has 4 nitrogen and oxygen atoms in total. The van der Waals surface area contributed by atoms with E-state index in [2.05, 4.69) is 21.8 Å². The van der Waals surface area contributed by atoms with Gasteiger partial charge in [-0.1, -0.05) is 31.6 Å². The molecule has 0 unspecified atom stereocenters. The Bertz CT molecular complexity index is 421. The summed E-state index contributed by atoms with van der Waals surface area (Å²) in [6.45, 7) is 0. The van der Waals surface area contributed by atoms with Gasteiger partial charge in [0.25, 0.3) is 0 Å². The molecular weight excluding hydrogens is 240 g/mol. The van der Waals surface area contributed by atoms with Crippen molar-refractivity contribution in [1.29, 1.82) is 0 Å². The predicted octanol–water partition coefficient (Wildman–Crippen LogP) is 3.03. The number of aliphatic carboxylic acids is 1. The van der Waals surface area contributed by atoms with Crippen molar-refractivity contribution >= 4 is 5.97 Å². The number of unbranched alkanes of at least 4 members (excludes halogenated alkanes) is 6. The maximum atomic E-state index is 10.3. The van der Waals surface area contributed by atoms with Crippen LogP contribution in [-0.4, -0.2) is 21.0 Å². The van der Waals surface area contributed by atoms with Crippen LogP contribution in [0.1, 0.15) is 57.2 Å². The van der Waals surface area contributed by atoms with Crippen LogP contribution >= 0.6 is 0 Å². The van der Waals surface area contributed by atoms with Crippen LogP contribution < -0.4 is 0 Å². The Morgan fingerprint density at radius 3 is 2.37 bits per heavy atom.